The van der Waals surface area contributed by atoms with Crippen molar-refractivity contribution in [3.05, 3.63) is 58.6 Å². The molecule has 1 N–H and O–H groups in total. The number of halogens is 1. The summed E-state index contributed by atoms with van der Waals surface area (Å²) in [6.45, 7) is 7.68. The van der Waals surface area contributed by atoms with E-state index < -0.39 is 0 Å². The summed E-state index contributed by atoms with van der Waals surface area (Å²) in [5.41, 5.74) is 2.76. The van der Waals surface area contributed by atoms with Crippen molar-refractivity contribution in [1.82, 2.24) is 0 Å². The van der Waals surface area contributed by atoms with Gasteiger partial charge in [-0.1, -0.05) is 22.8 Å². The summed E-state index contributed by atoms with van der Waals surface area (Å²) < 4.78 is 5.63. The number of nitrogens with zero attached hydrogens (tertiary/aromatic N) is 2. The number of oxime groups is 1. The van der Waals surface area contributed by atoms with E-state index in [9.17, 15) is 0 Å². The maximum absolute atomic E-state index is 6.26. The number of nitrogens with one attached hydrogen (secondary N) is 1. The molecule has 0 atom stereocenters. The SMILES string of the molecule is C=NOC(=NCc1ccc(OC(C)C)c(Cl)c1)c1ccc(NC)cc1. The van der Waals surface area contributed by atoms with Crippen LogP contribution >= 0.6 is 11.6 Å². The molecule has 0 spiro atoms. The zero-order valence-electron chi connectivity index (χ0n) is 14.6. The number of hydrogen-bond donors (Lipinski definition) is 1. The van der Waals surface area contributed by atoms with Gasteiger partial charge in [-0.15, -0.1) is 0 Å². The molecular weight excluding hydrogens is 338 g/mol. The van der Waals surface area contributed by atoms with Gasteiger partial charge in [0.1, 0.15) is 5.75 Å². The van der Waals surface area contributed by atoms with Gasteiger partial charge < -0.3 is 14.9 Å². The molecule has 5 nitrogen and oxygen atoms in total. The summed E-state index contributed by atoms with van der Waals surface area (Å²) in [6, 6.07) is 13.3. The standard InChI is InChI=1S/C19H22ClN3O2/c1-13(2)24-18-10-5-14(11-17(18)20)12-23-19(25-22-4)15-6-8-16(21-3)9-7-15/h5-11,13,21H,4,12H2,1-3H3. The van der Waals surface area contributed by atoms with E-state index in [1.807, 2.05) is 63.4 Å². The number of benzene rings is 2. The fourth-order valence-corrected chi connectivity index (χ4v) is 2.42. The van der Waals surface area contributed by atoms with Gasteiger partial charge in [0.15, 0.2) is 0 Å². The van der Waals surface area contributed by atoms with Crippen LogP contribution in [0.5, 0.6) is 5.75 Å². The monoisotopic (exact) mass is 359 g/mol. The highest BCUT2D eigenvalue weighted by Crippen LogP contribution is 2.26. The van der Waals surface area contributed by atoms with E-state index in [1.165, 1.54) is 0 Å². The predicted molar refractivity (Wildman–Crippen MR) is 104 cm³/mol. The molecule has 0 saturated carbocycles. The maximum Gasteiger partial charge on any atom is 0.251 e. The van der Waals surface area contributed by atoms with Crippen LogP contribution in [0.2, 0.25) is 5.02 Å². The molecule has 0 aliphatic carbocycles. The first kappa shape index (κ1) is 18.8. The molecule has 0 aromatic heterocycles. The smallest absolute Gasteiger partial charge is 0.251 e. The average molecular weight is 360 g/mol. The minimum absolute atomic E-state index is 0.0700. The minimum Gasteiger partial charge on any atom is -0.489 e. The molecular formula is C19H22ClN3O2. The molecule has 0 unspecified atom stereocenters. The van der Waals surface area contributed by atoms with Crippen LogP contribution in [0.3, 0.4) is 0 Å². The third kappa shape index (κ3) is 5.50. The second-order valence-corrected chi connectivity index (χ2v) is 6.01. The van der Waals surface area contributed by atoms with Gasteiger partial charge >= 0.3 is 0 Å². The van der Waals surface area contributed by atoms with E-state index in [1.54, 1.807) is 0 Å². The number of anilines is 1. The van der Waals surface area contributed by atoms with Gasteiger partial charge in [0.25, 0.3) is 5.90 Å². The Hall–Kier alpha value is -2.53. The summed E-state index contributed by atoms with van der Waals surface area (Å²) >= 11 is 6.26. The lowest BCUT2D eigenvalue weighted by molar-refractivity contribution is 0.242. The predicted octanol–water partition coefficient (Wildman–Crippen LogP) is 4.75. The molecule has 132 valence electrons. The van der Waals surface area contributed by atoms with Crippen LogP contribution in [0, 0.1) is 0 Å². The van der Waals surface area contributed by atoms with Crippen LogP contribution in [0.1, 0.15) is 25.0 Å². The summed E-state index contributed by atoms with van der Waals surface area (Å²) in [6.07, 6.45) is 0.0700. The van der Waals surface area contributed by atoms with Gasteiger partial charge in [0, 0.05) is 25.0 Å². The van der Waals surface area contributed by atoms with Crippen molar-refractivity contribution in [3.8, 4) is 5.75 Å². The summed E-state index contributed by atoms with van der Waals surface area (Å²) in [7, 11) is 1.86. The van der Waals surface area contributed by atoms with Gasteiger partial charge in [0.05, 0.1) is 17.7 Å². The molecule has 25 heavy (non-hydrogen) atoms. The Morgan fingerprint density at radius 2 is 1.92 bits per heavy atom. The van der Waals surface area contributed by atoms with Crippen LogP contribution in [-0.2, 0) is 11.4 Å². The minimum atomic E-state index is 0.0700. The topological polar surface area (TPSA) is 55.2 Å². The van der Waals surface area contributed by atoms with Gasteiger partial charge in [-0.05, 0) is 55.8 Å². The Bertz CT molecular complexity index is 743. The molecule has 0 amide bonds. The van der Waals surface area contributed by atoms with Crippen LogP contribution in [-0.4, -0.2) is 25.8 Å². The van der Waals surface area contributed by atoms with Crippen molar-refractivity contribution >= 4 is 29.9 Å². The van der Waals surface area contributed by atoms with E-state index in [2.05, 4.69) is 22.2 Å². The highest BCUT2D eigenvalue weighted by atomic mass is 35.5. The number of hydrogen-bond acceptors (Lipinski definition) is 5. The van der Waals surface area contributed by atoms with E-state index in [0.29, 0.717) is 23.2 Å². The van der Waals surface area contributed by atoms with Crippen LogP contribution in [0.15, 0.2) is 52.6 Å². The Kier molecular flexibility index (Phi) is 6.83. The molecule has 2 aromatic carbocycles. The summed E-state index contributed by atoms with van der Waals surface area (Å²) in [5.74, 6) is 1.06. The van der Waals surface area contributed by atoms with Crippen LogP contribution in [0.4, 0.5) is 5.69 Å². The average Bonchev–Trinajstić information content (AvgIpc) is 2.60. The Morgan fingerprint density at radius 3 is 2.48 bits per heavy atom. The molecule has 0 heterocycles. The highest BCUT2D eigenvalue weighted by Gasteiger charge is 2.08. The maximum atomic E-state index is 6.26. The van der Waals surface area contributed by atoms with Crippen molar-refractivity contribution in [1.29, 1.82) is 0 Å². The Morgan fingerprint density at radius 1 is 1.20 bits per heavy atom. The molecule has 2 aromatic rings. The van der Waals surface area contributed by atoms with Gasteiger partial charge in [-0.2, -0.15) is 0 Å². The van der Waals surface area contributed by atoms with Crippen LogP contribution < -0.4 is 10.1 Å². The Labute approximate surface area is 153 Å². The first-order valence-electron chi connectivity index (χ1n) is 7.94. The molecule has 0 fully saturated rings. The zero-order chi connectivity index (χ0) is 18.2. The third-order valence-electron chi connectivity index (χ3n) is 3.34. The van der Waals surface area contributed by atoms with Crippen molar-refractivity contribution < 1.29 is 9.57 Å². The van der Waals surface area contributed by atoms with Gasteiger partial charge in [0.2, 0.25) is 0 Å². The number of rotatable bonds is 7. The number of aliphatic imine (C=N–C) groups is 1. The summed E-state index contributed by atoms with van der Waals surface area (Å²) in [5, 5.41) is 7.11. The lowest BCUT2D eigenvalue weighted by Crippen LogP contribution is -2.06. The highest BCUT2D eigenvalue weighted by molar-refractivity contribution is 6.32. The fourth-order valence-electron chi connectivity index (χ4n) is 2.17. The fraction of sp³-hybridized carbons (Fsp3) is 0.263. The van der Waals surface area contributed by atoms with Crippen molar-refractivity contribution in [2.45, 2.75) is 26.5 Å². The second kappa shape index (κ2) is 9.08. The first-order chi connectivity index (χ1) is 12.0. The largest absolute Gasteiger partial charge is 0.489 e. The molecule has 0 saturated heterocycles. The molecule has 0 bridgehead atoms. The molecule has 0 aliphatic heterocycles. The van der Waals surface area contributed by atoms with Crippen LogP contribution in [0.25, 0.3) is 0 Å². The van der Waals surface area contributed by atoms with E-state index >= 15 is 0 Å². The first-order valence-corrected chi connectivity index (χ1v) is 8.32. The van der Waals surface area contributed by atoms with Gasteiger partial charge in [-0.3, -0.25) is 0 Å². The molecule has 0 aliphatic rings. The Balaban J connectivity index is 2.17. The molecule has 0 radical (unpaired) electrons. The van der Waals surface area contributed by atoms with Crippen molar-refractivity contribution in [2.24, 2.45) is 10.1 Å². The zero-order valence-corrected chi connectivity index (χ0v) is 15.4. The molecule has 6 heteroatoms. The lowest BCUT2D eigenvalue weighted by Gasteiger charge is -2.12. The number of ether oxygens (including phenoxy) is 1. The quantitative estimate of drug-likeness (QED) is 0.441. The van der Waals surface area contributed by atoms with Crippen molar-refractivity contribution in [2.75, 3.05) is 12.4 Å². The van der Waals surface area contributed by atoms with E-state index in [4.69, 9.17) is 21.2 Å². The third-order valence-corrected chi connectivity index (χ3v) is 3.63. The van der Waals surface area contributed by atoms with Crippen molar-refractivity contribution in [3.63, 3.8) is 0 Å². The van der Waals surface area contributed by atoms with E-state index in [-0.39, 0.29) is 6.10 Å². The summed E-state index contributed by atoms with van der Waals surface area (Å²) in [4.78, 5) is 9.70. The molecule has 2 rings (SSSR count). The second-order valence-electron chi connectivity index (χ2n) is 5.60. The lowest BCUT2D eigenvalue weighted by atomic mass is 10.2. The normalized spacial score (nSPS) is 11.3. The van der Waals surface area contributed by atoms with Gasteiger partial charge in [-0.25, -0.2) is 4.99 Å². The van der Waals surface area contributed by atoms with E-state index in [0.717, 1.165) is 16.8 Å².